The van der Waals surface area contributed by atoms with Gasteiger partial charge in [0.1, 0.15) is 23.7 Å². The lowest BCUT2D eigenvalue weighted by atomic mass is 10.2. The van der Waals surface area contributed by atoms with Crippen LogP contribution in [0, 0.1) is 5.82 Å². The van der Waals surface area contributed by atoms with Gasteiger partial charge in [0.2, 0.25) is 11.7 Å². The topological polar surface area (TPSA) is 81.7 Å². The van der Waals surface area contributed by atoms with Crippen LogP contribution in [0.1, 0.15) is 37.4 Å². The van der Waals surface area contributed by atoms with Crippen molar-refractivity contribution < 1.29 is 28.2 Å². The summed E-state index contributed by atoms with van der Waals surface area (Å²) in [5.41, 5.74) is 0.946. The predicted octanol–water partition coefficient (Wildman–Crippen LogP) is 4.18. The maximum absolute atomic E-state index is 13.0. The lowest BCUT2D eigenvalue weighted by Crippen LogP contribution is -2.22. The molecule has 0 atom stereocenters. The van der Waals surface area contributed by atoms with Gasteiger partial charge in [-0.2, -0.15) is 0 Å². The number of hydrogen-bond donors (Lipinski definition) is 1. The van der Waals surface area contributed by atoms with Crippen LogP contribution in [0.25, 0.3) is 0 Å². The average molecular weight is 456 g/mol. The van der Waals surface area contributed by atoms with Gasteiger partial charge >= 0.3 is 5.97 Å². The fraction of sp³-hybridized carbons (Fsp3) is 0.208. The van der Waals surface area contributed by atoms with Crippen LogP contribution < -0.4 is 10.1 Å². The van der Waals surface area contributed by atoms with E-state index in [4.69, 9.17) is 9.47 Å². The maximum atomic E-state index is 13.0. The van der Waals surface area contributed by atoms with Gasteiger partial charge in [0.05, 0.1) is 4.88 Å². The van der Waals surface area contributed by atoms with Gasteiger partial charge in [-0.25, -0.2) is 9.18 Å². The van der Waals surface area contributed by atoms with Crippen molar-refractivity contribution in [1.29, 1.82) is 0 Å². The zero-order chi connectivity index (χ0) is 22.9. The largest absolute Gasteiger partial charge is 0.488 e. The molecule has 1 amide bonds. The van der Waals surface area contributed by atoms with E-state index in [1.807, 2.05) is 6.07 Å². The second kappa shape index (κ2) is 11.2. The molecule has 1 heterocycles. The van der Waals surface area contributed by atoms with Gasteiger partial charge in [-0.1, -0.05) is 24.3 Å². The molecule has 0 spiro atoms. The summed E-state index contributed by atoms with van der Waals surface area (Å²) < 4.78 is 23.9. The molecule has 0 saturated carbocycles. The second-order valence-electron chi connectivity index (χ2n) is 6.91. The molecule has 3 rings (SSSR count). The van der Waals surface area contributed by atoms with Crippen molar-refractivity contribution in [3.8, 4) is 5.75 Å². The number of benzene rings is 2. The van der Waals surface area contributed by atoms with Crippen LogP contribution >= 0.6 is 11.3 Å². The molecular formula is C24H22FNO5S. The fourth-order valence-corrected chi connectivity index (χ4v) is 3.74. The van der Waals surface area contributed by atoms with E-state index >= 15 is 0 Å². The zero-order valence-electron chi connectivity index (χ0n) is 17.4. The number of esters is 1. The Morgan fingerprint density at radius 1 is 1.00 bits per heavy atom. The summed E-state index contributed by atoms with van der Waals surface area (Å²) in [5, 5.41) is 2.70. The van der Waals surface area contributed by atoms with E-state index in [0.717, 1.165) is 10.4 Å². The number of Topliss-reactive ketones (excluding diaryl/α,β-unsaturated/α-hetero) is 1. The fourth-order valence-electron chi connectivity index (χ4n) is 2.81. The summed E-state index contributed by atoms with van der Waals surface area (Å²) in [4.78, 5) is 37.3. The first-order valence-corrected chi connectivity index (χ1v) is 10.7. The highest BCUT2D eigenvalue weighted by Gasteiger charge is 2.17. The standard InChI is InChI=1S/C24H22FNO5S/c1-16(27)26-13-12-19-10-11-23(32-19)21(28)15-31-24(29)20-4-2-3-5-22(20)30-14-17-6-8-18(25)9-7-17/h2-11H,12-15H2,1H3,(H,26,27). The molecule has 6 nitrogen and oxygen atoms in total. The number of carbonyl (C=O) groups is 3. The van der Waals surface area contributed by atoms with Crippen molar-refractivity contribution in [1.82, 2.24) is 5.32 Å². The quantitative estimate of drug-likeness (QED) is 0.366. The summed E-state index contributed by atoms with van der Waals surface area (Å²) >= 11 is 1.31. The van der Waals surface area contributed by atoms with Crippen LogP contribution in [0.3, 0.4) is 0 Å². The van der Waals surface area contributed by atoms with Crippen molar-refractivity contribution in [3.05, 3.63) is 87.4 Å². The van der Waals surface area contributed by atoms with Crippen molar-refractivity contribution in [2.24, 2.45) is 0 Å². The minimum absolute atomic E-state index is 0.105. The van der Waals surface area contributed by atoms with Crippen LogP contribution in [0.5, 0.6) is 5.75 Å². The van der Waals surface area contributed by atoms with Gasteiger partial charge in [0.15, 0.2) is 6.61 Å². The minimum atomic E-state index is -0.671. The molecule has 0 fully saturated rings. The molecule has 0 aliphatic carbocycles. The van der Waals surface area contributed by atoms with Gasteiger partial charge in [-0.05, 0) is 48.4 Å². The van der Waals surface area contributed by atoms with Gasteiger partial charge in [0, 0.05) is 18.3 Å². The van der Waals surface area contributed by atoms with Gasteiger partial charge in [-0.15, -0.1) is 11.3 Å². The number of halogens is 1. The third kappa shape index (κ3) is 6.75. The highest BCUT2D eigenvalue weighted by molar-refractivity contribution is 7.14. The first-order valence-electron chi connectivity index (χ1n) is 9.92. The molecule has 0 radical (unpaired) electrons. The van der Waals surface area contributed by atoms with E-state index in [0.29, 0.717) is 23.6 Å². The molecule has 0 bridgehead atoms. The summed E-state index contributed by atoms with van der Waals surface area (Å²) in [7, 11) is 0. The van der Waals surface area contributed by atoms with Crippen LogP contribution in [0.4, 0.5) is 4.39 Å². The van der Waals surface area contributed by atoms with Crippen molar-refractivity contribution in [3.63, 3.8) is 0 Å². The Morgan fingerprint density at radius 2 is 1.75 bits per heavy atom. The molecule has 8 heteroatoms. The van der Waals surface area contributed by atoms with E-state index in [2.05, 4.69) is 5.32 Å². The molecule has 32 heavy (non-hydrogen) atoms. The lowest BCUT2D eigenvalue weighted by molar-refractivity contribution is -0.118. The number of amides is 1. The van der Waals surface area contributed by atoms with E-state index in [1.165, 1.54) is 30.4 Å². The van der Waals surface area contributed by atoms with Crippen LogP contribution in [0.15, 0.2) is 60.7 Å². The number of para-hydroxylation sites is 1. The number of thiophene rings is 1. The summed E-state index contributed by atoms with van der Waals surface area (Å²) in [6.45, 7) is 1.70. The number of rotatable bonds is 10. The number of ether oxygens (including phenoxy) is 2. The lowest BCUT2D eigenvalue weighted by Gasteiger charge is -2.11. The Hall–Kier alpha value is -3.52. The molecule has 166 valence electrons. The molecule has 0 saturated heterocycles. The zero-order valence-corrected chi connectivity index (χ0v) is 18.2. The van der Waals surface area contributed by atoms with E-state index in [9.17, 15) is 18.8 Å². The Kier molecular flexibility index (Phi) is 8.10. The normalized spacial score (nSPS) is 10.4. The summed E-state index contributed by atoms with van der Waals surface area (Å²) in [6, 6.07) is 15.9. The molecule has 1 aromatic heterocycles. The average Bonchev–Trinajstić information content (AvgIpc) is 3.26. The molecule has 0 aliphatic rings. The molecule has 3 aromatic rings. The number of ketones is 1. The SMILES string of the molecule is CC(=O)NCCc1ccc(C(=O)COC(=O)c2ccccc2OCc2ccc(F)cc2)s1. The minimum Gasteiger partial charge on any atom is -0.488 e. The number of hydrogen-bond acceptors (Lipinski definition) is 6. The Bertz CT molecular complexity index is 1090. The first kappa shape index (κ1) is 23.1. The van der Waals surface area contributed by atoms with Crippen LogP contribution in [-0.2, 0) is 22.6 Å². The number of carbonyl (C=O) groups excluding carboxylic acids is 3. The maximum Gasteiger partial charge on any atom is 0.342 e. The molecule has 1 N–H and O–H groups in total. The third-order valence-electron chi connectivity index (χ3n) is 4.43. The van der Waals surface area contributed by atoms with Crippen LogP contribution in [-0.4, -0.2) is 30.8 Å². The summed E-state index contributed by atoms with van der Waals surface area (Å²) in [5.74, 6) is -1.11. The predicted molar refractivity (Wildman–Crippen MR) is 118 cm³/mol. The Balaban J connectivity index is 1.54. The first-order chi connectivity index (χ1) is 15.4. The van der Waals surface area contributed by atoms with Crippen molar-refractivity contribution in [2.45, 2.75) is 20.0 Å². The second-order valence-corrected chi connectivity index (χ2v) is 8.08. The van der Waals surface area contributed by atoms with E-state index in [1.54, 1.807) is 42.5 Å². The monoisotopic (exact) mass is 455 g/mol. The smallest absolute Gasteiger partial charge is 0.342 e. The molecule has 0 aliphatic heterocycles. The van der Waals surface area contributed by atoms with Gasteiger partial charge < -0.3 is 14.8 Å². The molecule has 0 unspecified atom stereocenters. The number of nitrogens with one attached hydrogen (secondary N) is 1. The molecular weight excluding hydrogens is 433 g/mol. The van der Waals surface area contributed by atoms with Gasteiger partial charge in [-0.3, -0.25) is 9.59 Å². The third-order valence-corrected chi connectivity index (χ3v) is 5.62. The Morgan fingerprint density at radius 3 is 2.50 bits per heavy atom. The van der Waals surface area contributed by atoms with E-state index in [-0.39, 0.29) is 29.7 Å². The van der Waals surface area contributed by atoms with Gasteiger partial charge in [0.25, 0.3) is 0 Å². The summed E-state index contributed by atoms with van der Waals surface area (Å²) in [6.07, 6.45) is 0.621. The highest BCUT2D eigenvalue weighted by atomic mass is 32.1. The van der Waals surface area contributed by atoms with E-state index < -0.39 is 12.6 Å². The van der Waals surface area contributed by atoms with Crippen molar-refractivity contribution in [2.75, 3.05) is 13.2 Å². The van der Waals surface area contributed by atoms with Crippen LogP contribution in [0.2, 0.25) is 0 Å². The van der Waals surface area contributed by atoms with Crippen molar-refractivity contribution >= 4 is 29.0 Å². The Labute approximate surface area is 189 Å². The molecule has 2 aromatic carbocycles. The highest BCUT2D eigenvalue weighted by Crippen LogP contribution is 2.22.